The summed E-state index contributed by atoms with van der Waals surface area (Å²) in [6.07, 6.45) is 5.67. The molecule has 1 atom stereocenters. The van der Waals surface area contributed by atoms with Gasteiger partial charge in [0.1, 0.15) is 0 Å². The van der Waals surface area contributed by atoms with Crippen LogP contribution in [-0.2, 0) is 6.42 Å². The van der Waals surface area contributed by atoms with Crippen LogP contribution in [-0.4, -0.2) is 4.98 Å². The van der Waals surface area contributed by atoms with Gasteiger partial charge < -0.3 is 5.73 Å². The summed E-state index contributed by atoms with van der Waals surface area (Å²) in [6.45, 7) is 0. The fraction of sp³-hybridized carbons (Fsp3) is 0.167. The molecule has 0 aliphatic rings. The van der Waals surface area contributed by atoms with Crippen molar-refractivity contribution in [1.82, 2.24) is 4.98 Å². The van der Waals surface area contributed by atoms with Crippen LogP contribution >= 0.6 is 0 Å². The Labute approximate surface area is 119 Å². The van der Waals surface area contributed by atoms with E-state index in [4.69, 9.17) is 5.73 Å². The molecule has 3 rings (SSSR count). The third kappa shape index (κ3) is 2.70. The van der Waals surface area contributed by atoms with Crippen molar-refractivity contribution in [1.29, 1.82) is 0 Å². The van der Waals surface area contributed by atoms with E-state index in [2.05, 4.69) is 47.4 Å². The van der Waals surface area contributed by atoms with E-state index in [0.29, 0.717) is 0 Å². The number of fused-ring (bicyclic) bond motifs is 1. The molecular weight excluding hydrogens is 244 g/mol. The minimum atomic E-state index is 0.0568. The van der Waals surface area contributed by atoms with Gasteiger partial charge in [-0.25, -0.2) is 0 Å². The lowest BCUT2D eigenvalue weighted by Gasteiger charge is -2.14. The van der Waals surface area contributed by atoms with Gasteiger partial charge in [-0.15, -0.1) is 0 Å². The molecule has 0 aliphatic carbocycles. The summed E-state index contributed by atoms with van der Waals surface area (Å²) in [5.74, 6) is 0. The lowest BCUT2D eigenvalue weighted by molar-refractivity contribution is 0.656. The molecular formula is C18H18N2. The first-order valence-electron chi connectivity index (χ1n) is 6.97. The zero-order chi connectivity index (χ0) is 13.8. The van der Waals surface area contributed by atoms with Crippen molar-refractivity contribution in [3.8, 4) is 0 Å². The topological polar surface area (TPSA) is 38.9 Å². The molecule has 1 heterocycles. The Morgan fingerprint density at radius 3 is 2.65 bits per heavy atom. The zero-order valence-corrected chi connectivity index (χ0v) is 11.4. The monoisotopic (exact) mass is 262 g/mol. The van der Waals surface area contributed by atoms with Gasteiger partial charge in [0.15, 0.2) is 0 Å². The Morgan fingerprint density at radius 2 is 1.80 bits per heavy atom. The number of nitrogens with two attached hydrogens (primary N) is 1. The van der Waals surface area contributed by atoms with Crippen LogP contribution in [0.15, 0.2) is 67.0 Å². The standard InChI is InChI=1S/C18H18N2/c19-18(10-9-14-5-2-1-3-6-14)17-8-4-7-15-13-20-12-11-16(15)17/h1-8,11-13,18H,9-10,19H2. The van der Waals surface area contributed by atoms with Crippen molar-refractivity contribution < 1.29 is 0 Å². The molecule has 0 bridgehead atoms. The lowest BCUT2D eigenvalue weighted by atomic mass is 9.96. The summed E-state index contributed by atoms with van der Waals surface area (Å²) in [5.41, 5.74) is 8.94. The van der Waals surface area contributed by atoms with E-state index in [1.807, 2.05) is 24.5 Å². The van der Waals surface area contributed by atoms with E-state index in [0.717, 1.165) is 18.2 Å². The number of rotatable bonds is 4. The van der Waals surface area contributed by atoms with Gasteiger partial charge in [-0.1, -0.05) is 48.5 Å². The van der Waals surface area contributed by atoms with E-state index < -0.39 is 0 Å². The maximum Gasteiger partial charge on any atom is 0.0346 e. The van der Waals surface area contributed by atoms with Crippen molar-refractivity contribution >= 4 is 10.8 Å². The number of pyridine rings is 1. The Hall–Kier alpha value is -2.19. The predicted molar refractivity (Wildman–Crippen MR) is 83.4 cm³/mol. The zero-order valence-electron chi connectivity index (χ0n) is 11.4. The summed E-state index contributed by atoms with van der Waals surface area (Å²) in [7, 11) is 0. The molecule has 3 aromatic rings. The highest BCUT2D eigenvalue weighted by Crippen LogP contribution is 2.25. The molecule has 2 aromatic carbocycles. The van der Waals surface area contributed by atoms with Gasteiger partial charge in [0.25, 0.3) is 0 Å². The van der Waals surface area contributed by atoms with Crippen LogP contribution in [0.2, 0.25) is 0 Å². The van der Waals surface area contributed by atoms with Gasteiger partial charge in [0.2, 0.25) is 0 Å². The van der Waals surface area contributed by atoms with E-state index in [-0.39, 0.29) is 6.04 Å². The summed E-state index contributed by atoms with van der Waals surface area (Å²) >= 11 is 0. The average molecular weight is 262 g/mol. The van der Waals surface area contributed by atoms with Crippen LogP contribution < -0.4 is 5.73 Å². The molecule has 1 aromatic heterocycles. The Kier molecular flexibility index (Phi) is 3.75. The smallest absolute Gasteiger partial charge is 0.0346 e. The largest absolute Gasteiger partial charge is 0.324 e. The molecule has 0 aliphatic heterocycles. The summed E-state index contributed by atoms with van der Waals surface area (Å²) in [4.78, 5) is 4.17. The van der Waals surface area contributed by atoms with E-state index >= 15 is 0 Å². The number of nitrogens with zero attached hydrogens (tertiary/aromatic N) is 1. The van der Waals surface area contributed by atoms with E-state index in [1.165, 1.54) is 16.5 Å². The first-order valence-corrected chi connectivity index (χ1v) is 6.97. The fourth-order valence-electron chi connectivity index (χ4n) is 2.59. The fourth-order valence-corrected chi connectivity index (χ4v) is 2.59. The van der Waals surface area contributed by atoms with Crippen molar-refractivity contribution in [2.45, 2.75) is 18.9 Å². The van der Waals surface area contributed by atoms with Gasteiger partial charge in [-0.3, -0.25) is 4.98 Å². The average Bonchev–Trinajstić information content (AvgIpc) is 2.53. The molecule has 0 saturated carbocycles. The van der Waals surface area contributed by atoms with E-state index in [9.17, 15) is 0 Å². The predicted octanol–water partition coefficient (Wildman–Crippen LogP) is 3.87. The Balaban J connectivity index is 1.80. The quantitative estimate of drug-likeness (QED) is 0.775. The maximum atomic E-state index is 6.39. The van der Waals surface area contributed by atoms with E-state index in [1.54, 1.807) is 0 Å². The van der Waals surface area contributed by atoms with Crippen LogP contribution in [0.25, 0.3) is 10.8 Å². The minimum Gasteiger partial charge on any atom is -0.324 e. The highest BCUT2D eigenvalue weighted by Gasteiger charge is 2.09. The van der Waals surface area contributed by atoms with Crippen LogP contribution in [0.5, 0.6) is 0 Å². The maximum absolute atomic E-state index is 6.39. The number of hydrogen-bond donors (Lipinski definition) is 1. The third-order valence-corrected chi connectivity index (χ3v) is 3.70. The normalized spacial score (nSPS) is 12.4. The van der Waals surface area contributed by atoms with Gasteiger partial charge in [0.05, 0.1) is 0 Å². The van der Waals surface area contributed by atoms with Gasteiger partial charge in [-0.05, 0) is 35.4 Å². The minimum absolute atomic E-state index is 0.0568. The molecule has 0 fully saturated rings. The van der Waals surface area contributed by atoms with Crippen molar-refractivity contribution in [2.75, 3.05) is 0 Å². The molecule has 0 saturated heterocycles. The summed E-state index contributed by atoms with van der Waals surface area (Å²) in [6, 6.07) is 18.9. The Morgan fingerprint density at radius 1 is 0.950 bits per heavy atom. The SMILES string of the molecule is NC(CCc1ccccc1)c1cccc2cnccc12. The molecule has 1 unspecified atom stereocenters. The second-order valence-corrected chi connectivity index (χ2v) is 5.07. The molecule has 20 heavy (non-hydrogen) atoms. The molecule has 2 nitrogen and oxygen atoms in total. The first kappa shape index (κ1) is 12.8. The van der Waals surface area contributed by atoms with Crippen molar-refractivity contribution in [3.05, 3.63) is 78.1 Å². The second-order valence-electron chi connectivity index (χ2n) is 5.07. The highest BCUT2D eigenvalue weighted by atomic mass is 14.6. The summed E-state index contributed by atoms with van der Waals surface area (Å²) < 4.78 is 0. The first-order chi connectivity index (χ1) is 9.84. The molecule has 0 amide bonds. The highest BCUT2D eigenvalue weighted by molar-refractivity contribution is 5.85. The molecule has 2 heteroatoms. The second kappa shape index (κ2) is 5.85. The lowest BCUT2D eigenvalue weighted by Crippen LogP contribution is -2.11. The molecule has 100 valence electrons. The van der Waals surface area contributed by atoms with Crippen molar-refractivity contribution in [3.63, 3.8) is 0 Å². The third-order valence-electron chi connectivity index (χ3n) is 3.70. The number of benzene rings is 2. The molecule has 2 N–H and O–H groups in total. The number of aryl methyl sites for hydroxylation is 1. The van der Waals surface area contributed by atoms with Crippen LogP contribution in [0.1, 0.15) is 23.6 Å². The Bertz CT molecular complexity index is 687. The van der Waals surface area contributed by atoms with Gasteiger partial charge in [0, 0.05) is 23.8 Å². The van der Waals surface area contributed by atoms with Crippen molar-refractivity contribution in [2.24, 2.45) is 5.73 Å². The van der Waals surface area contributed by atoms with Crippen LogP contribution in [0.3, 0.4) is 0 Å². The molecule has 0 radical (unpaired) electrons. The number of aromatic nitrogens is 1. The van der Waals surface area contributed by atoms with Gasteiger partial charge in [-0.2, -0.15) is 0 Å². The van der Waals surface area contributed by atoms with Crippen LogP contribution in [0, 0.1) is 0 Å². The van der Waals surface area contributed by atoms with Crippen LogP contribution in [0.4, 0.5) is 0 Å². The summed E-state index contributed by atoms with van der Waals surface area (Å²) in [5, 5.41) is 2.36. The number of hydrogen-bond acceptors (Lipinski definition) is 2. The molecule has 0 spiro atoms. The van der Waals surface area contributed by atoms with Gasteiger partial charge >= 0.3 is 0 Å².